The minimum atomic E-state index is -0.136. The fourth-order valence-corrected chi connectivity index (χ4v) is 5.02. The van der Waals surface area contributed by atoms with Gasteiger partial charge >= 0.3 is 0 Å². The van der Waals surface area contributed by atoms with E-state index < -0.39 is 0 Å². The molecule has 1 atom stereocenters. The molecule has 0 amide bonds. The minimum absolute atomic E-state index is 0.0197. The molecule has 9 heteroatoms. The van der Waals surface area contributed by atoms with Gasteiger partial charge in [0.2, 0.25) is 0 Å². The average molecular weight is 433 g/mol. The molecule has 1 aromatic carbocycles. The molecule has 8 nitrogen and oxygen atoms in total. The van der Waals surface area contributed by atoms with Crippen LogP contribution in [0.3, 0.4) is 0 Å². The molecule has 1 unspecified atom stereocenters. The fourth-order valence-electron chi connectivity index (χ4n) is 4.14. The van der Waals surface area contributed by atoms with Crippen LogP contribution in [-0.4, -0.2) is 42.6 Å². The first-order valence-corrected chi connectivity index (χ1v) is 11.2. The summed E-state index contributed by atoms with van der Waals surface area (Å²) in [5, 5.41) is 15.7. The van der Waals surface area contributed by atoms with E-state index in [1.807, 2.05) is 45.2 Å². The highest BCUT2D eigenvalue weighted by molar-refractivity contribution is 7.17. The molecule has 0 bridgehead atoms. The lowest BCUT2D eigenvalue weighted by atomic mass is 10.1. The van der Waals surface area contributed by atoms with Crippen molar-refractivity contribution in [2.45, 2.75) is 25.4 Å². The second-order valence-electron chi connectivity index (χ2n) is 7.73. The molecule has 6 rings (SSSR count). The summed E-state index contributed by atoms with van der Waals surface area (Å²) in [5.41, 5.74) is 4.06. The molecule has 31 heavy (non-hydrogen) atoms. The van der Waals surface area contributed by atoms with Crippen LogP contribution in [0.25, 0.3) is 27.3 Å². The van der Waals surface area contributed by atoms with Crippen LogP contribution in [0.4, 0.5) is 0 Å². The Hall–Kier alpha value is -3.30. The monoisotopic (exact) mass is 432 g/mol. The molecule has 3 aliphatic heterocycles. The number of thiophene rings is 1. The number of ether oxygens (including phenoxy) is 1. The Labute approximate surface area is 181 Å². The molecular formula is C22H20N6O2S. The number of nitrogens with zero attached hydrogens (tertiary/aromatic N) is 6. The van der Waals surface area contributed by atoms with Gasteiger partial charge in [-0.15, -0.1) is 11.3 Å². The Morgan fingerprint density at radius 3 is 2.81 bits per heavy atom. The van der Waals surface area contributed by atoms with E-state index in [1.165, 1.54) is 0 Å². The lowest BCUT2D eigenvalue weighted by Crippen LogP contribution is -2.29. The Morgan fingerprint density at radius 1 is 1.13 bits per heavy atom. The summed E-state index contributed by atoms with van der Waals surface area (Å²) in [6, 6.07) is 12.1. The van der Waals surface area contributed by atoms with Crippen LogP contribution < -0.4 is 5.56 Å². The lowest BCUT2D eigenvalue weighted by Gasteiger charge is -2.21. The van der Waals surface area contributed by atoms with Crippen LogP contribution in [0.2, 0.25) is 0 Å². The standard InChI is InChI=1S/C22H20N6O2S/c29-22-20-19(25-28(22)17-3-1-11-30-14-17)21-18(8-12-31-21)27(24-20)13-15-4-6-16(7-5-15)26-10-2-9-23-26/h2,4-10,12,17H,1,3,11,13-14H2. The van der Waals surface area contributed by atoms with Crippen LogP contribution in [-0.2, 0) is 11.3 Å². The van der Waals surface area contributed by atoms with E-state index in [2.05, 4.69) is 22.3 Å². The van der Waals surface area contributed by atoms with E-state index in [-0.39, 0.29) is 11.6 Å². The van der Waals surface area contributed by atoms with Gasteiger partial charge in [-0.2, -0.15) is 15.3 Å². The minimum Gasteiger partial charge on any atom is -0.379 e. The normalized spacial score (nSPS) is 17.0. The van der Waals surface area contributed by atoms with Crippen molar-refractivity contribution in [3.05, 3.63) is 70.1 Å². The summed E-state index contributed by atoms with van der Waals surface area (Å²) >= 11 is 1.59. The summed E-state index contributed by atoms with van der Waals surface area (Å²) in [7, 11) is 0. The van der Waals surface area contributed by atoms with Gasteiger partial charge in [0, 0.05) is 19.0 Å². The zero-order valence-electron chi connectivity index (χ0n) is 16.7. The van der Waals surface area contributed by atoms with Gasteiger partial charge in [0.1, 0.15) is 5.69 Å². The molecule has 3 aliphatic rings. The summed E-state index contributed by atoms with van der Waals surface area (Å²) in [4.78, 5) is 13.1. The molecule has 1 saturated heterocycles. The first kappa shape index (κ1) is 18.5. The van der Waals surface area contributed by atoms with Crippen LogP contribution >= 0.6 is 11.3 Å². The van der Waals surface area contributed by atoms with Crippen molar-refractivity contribution in [1.29, 1.82) is 0 Å². The summed E-state index contributed by atoms with van der Waals surface area (Å²) in [5.74, 6) is 0. The first-order chi connectivity index (χ1) is 15.3. The number of aromatic nitrogens is 6. The third-order valence-corrected chi connectivity index (χ3v) is 6.63. The highest BCUT2D eigenvalue weighted by Crippen LogP contribution is 2.31. The van der Waals surface area contributed by atoms with Gasteiger partial charge in [-0.1, -0.05) is 12.1 Å². The van der Waals surface area contributed by atoms with Gasteiger partial charge in [0.15, 0.2) is 5.69 Å². The fraction of sp³-hybridized carbons (Fsp3) is 0.273. The zero-order chi connectivity index (χ0) is 20.8. The maximum absolute atomic E-state index is 13.1. The van der Waals surface area contributed by atoms with Crippen molar-refractivity contribution >= 4 is 21.6 Å². The molecule has 156 valence electrons. The van der Waals surface area contributed by atoms with E-state index >= 15 is 0 Å². The van der Waals surface area contributed by atoms with Gasteiger partial charge in [0.05, 0.1) is 35.1 Å². The second-order valence-corrected chi connectivity index (χ2v) is 8.64. The van der Waals surface area contributed by atoms with Gasteiger partial charge in [-0.3, -0.25) is 9.48 Å². The zero-order valence-corrected chi connectivity index (χ0v) is 17.5. The topological polar surface area (TPSA) is 79.8 Å². The van der Waals surface area contributed by atoms with E-state index in [4.69, 9.17) is 9.84 Å². The maximum Gasteiger partial charge on any atom is 0.297 e. The van der Waals surface area contributed by atoms with Crippen molar-refractivity contribution < 1.29 is 4.74 Å². The Balaban J connectivity index is 1.40. The van der Waals surface area contributed by atoms with Crippen molar-refractivity contribution in [1.82, 2.24) is 29.3 Å². The van der Waals surface area contributed by atoms with Crippen molar-refractivity contribution in [3.63, 3.8) is 0 Å². The molecule has 0 N–H and O–H groups in total. The molecule has 5 heterocycles. The molecule has 2 aromatic heterocycles. The SMILES string of the molecule is O=c1c2nn(Cc3ccc(-n4cccn4)cc3)c3ccsc3c-2nn1C1CCCOC1. The van der Waals surface area contributed by atoms with Crippen molar-refractivity contribution in [2.24, 2.45) is 0 Å². The van der Waals surface area contributed by atoms with E-state index in [9.17, 15) is 4.79 Å². The molecule has 1 fully saturated rings. The van der Waals surface area contributed by atoms with Gasteiger partial charge in [-0.25, -0.2) is 9.36 Å². The predicted octanol–water partition coefficient (Wildman–Crippen LogP) is 3.34. The highest BCUT2D eigenvalue weighted by Gasteiger charge is 2.27. The highest BCUT2D eigenvalue weighted by atomic mass is 32.1. The second kappa shape index (κ2) is 7.44. The van der Waals surface area contributed by atoms with E-state index in [0.29, 0.717) is 24.5 Å². The molecular weight excluding hydrogens is 412 g/mol. The third kappa shape index (κ3) is 3.17. The van der Waals surface area contributed by atoms with Crippen molar-refractivity contribution in [2.75, 3.05) is 13.2 Å². The Kier molecular flexibility index (Phi) is 4.43. The smallest absolute Gasteiger partial charge is 0.297 e. The van der Waals surface area contributed by atoms with Crippen LogP contribution in [0.15, 0.2) is 59.0 Å². The number of benzene rings is 1. The molecule has 0 spiro atoms. The van der Waals surface area contributed by atoms with Gasteiger partial charge in [0.25, 0.3) is 5.56 Å². The number of hydrogen-bond acceptors (Lipinski definition) is 6. The average Bonchev–Trinajstić information content (AvgIpc) is 3.56. The first-order valence-electron chi connectivity index (χ1n) is 10.3. The maximum atomic E-state index is 13.1. The summed E-state index contributed by atoms with van der Waals surface area (Å²) < 4.78 is 11.9. The quantitative estimate of drug-likeness (QED) is 0.435. The molecule has 0 radical (unpaired) electrons. The predicted molar refractivity (Wildman–Crippen MR) is 118 cm³/mol. The summed E-state index contributed by atoms with van der Waals surface area (Å²) in [6.45, 7) is 1.84. The molecule has 0 aliphatic carbocycles. The van der Waals surface area contributed by atoms with Crippen LogP contribution in [0, 0.1) is 0 Å². The third-order valence-electron chi connectivity index (χ3n) is 5.72. The molecule has 3 aromatic rings. The van der Waals surface area contributed by atoms with E-state index in [1.54, 1.807) is 22.2 Å². The van der Waals surface area contributed by atoms with Gasteiger partial charge < -0.3 is 4.74 Å². The number of hydrogen-bond donors (Lipinski definition) is 0. The Morgan fingerprint density at radius 2 is 2.03 bits per heavy atom. The summed E-state index contributed by atoms with van der Waals surface area (Å²) in [6.07, 6.45) is 5.52. The molecule has 0 saturated carbocycles. The van der Waals surface area contributed by atoms with Crippen LogP contribution in [0.5, 0.6) is 0 Å². The largest absolute Gasteiger partial charge is 0.379 e. The lowest BCUT2D eigenvalue weighted by molar-refractivity contribution is 0.0540. The number of fused-ring (bicyclic) bond motifs is 3. The van der Waals surface area contributed by atoms with E-state index in [0.717, 1.165) is 40.9 Å². The van der Waals surface area contributed by atoms with Crippen LogP contribution in [0.1, 0.15) is 24.4 Å². The number of rotatable bonds is 4. The van der Waals surface area contributed by atoms with Crippen molar-refractivity contribution in [3.8, 4) is 17.1 Å². The van der Waals surface area contributed by atoms with Gasteiger partial charge in [-0.05, 0) is 48.1 Å². The Bertz CT molecular complexity index is 1360.